The Morgan fingerprint density at radius 3 is 2.66 bits per heavy atom. The van der Waals surface area contributed by atoms with Crippen LogP contribution in [0.15, 0.2) is 67.3 Å². The molecule has 3 aromatic rings. The fraction of sp³-hybridized carbons (Fsp3) is 0.273. The van der Waals surface area contributed by atoms with Gasteiger partial charge in [-0.15, -0.1) is 0 Å². The molecule has 0 aliphatic carbocycles. The summed E-state index contributed by atoms with van der Waals surface area (Å²) in [6.45, 7) is 4.86. The molecule has 0 atom stereocenters. The summed E-state index contributed by atoms with van der Waals surface area (Å²) in [6.07, 6.45) is 5.43. The topological polar surface area (TPSA) is 71.4 Å². The summed E-state index contributed by atoms with van der Waals surface area (Å²) >= 11 is 0. The largest absolute Gasteiger partial charge is 0.379 e. The predicted molar refractivity (Wildman–Crippen MR) is 113 cm³/mol. The predicted octanol–water partition coefficient (Wildman–Crippen LogP) is 2.68. The van der Waals surface area contributed by atoms with Gasteiger partial charge < -0.3 is 19.9 Å². The molecule has 0 radical (unpaired) electrons. The van der Waals surface area contributed by atoms with Gasteiger partial charge in [0.15, 0.2) is 0 Å². The Bertz CT molecular complexity index is 919. The Morgan fingerprint density at radius 2 is 1.90 bits per heavy atom. The van der Waals surface area contributed by atoms with Gasteiger partial charge in [-0.2, -0.15) is 0 Å². The molecule has 1 aliphatic rings. The molecule has 1 aromatic heterocycles. The Morgan fingerprint density at radius 1 is 1.07 bits per heavy atom. The van der Waals surface area contributed by atoms with E-state index in [0.29, 0.717) is 12.1 Å². The Hall–Kier alpha value is -3.16. The zero-order chi connectivity index (χ0) is 19.9. The first-order chi connectivity index (χ1) is 14.3. The van der Waals surface area contributed by atoms with Crippen molar-refractivity contribution in [2.24, 2.45) is 0 Å². The molecule has 2 N–H and O–H groups in total. The molecule has 0 unspecified atom stereocenters. The van der Waals surface area contributed by atoms with E-state index >= 15 is 0 Å². The second-order valence-electron chi connectivity index (χ2n) is 6.93. The van der Waals surface area contributed by atoms with E-state index in [1.165, 1.54) is 0 Å². The summed E-state index contributed by atoms with van der Waals surface area (Å²) in [5, 5.41) is 6.36. The maximum atomic E-state index is 12.5. The number of ether oxygens (including phenoxy) is 1. The molecule has 1 saturated heterocycles. The first-order valence-corrected chi connectivity index (χ1v) is 9.82. The molecule has 1 fully saturated rings. The number of anilines is 2. The SMILES string of the molecule is O=C(NCCN1CCOCC1)c1cccc(Nc2ccc(-n3ccnc3)cc2)c1. The van der Waals surface area contributed by atoms with Gasteiger partial charge in [0, 0.05) is 61.2 Å². The van der Waals surface area contributed by atoms with Crippen LogP contribution in [-0.4, -0.2) is 59.8 Å². The van der Waals surface area contributed by atoms with Crippen molar-refractivity contribution in [1.82, 2.24) is 19.8 Å². The van der Waals surface area contributed by atoms with Crippen LogP contribution < -0.4 is 10.6 Å². The lowest BCUT2D eigenvalue weighted by molar-refractivity contribution is 0.0383. The standard InChI is InChI=1S/C22H25N5O2/c28-22(24-9-10-26-12-14-29-15-13-26)18-2-1-3-20(16-18)25-19-4-6-21(7-5-19)27-11-8-23-17-27/h1-8,11,16-17,25H,9-10,12-15H2,(H,24,28). The third-order valence-corrected chi connectivity index (χ3v) is 4.90. The average molecular weight is 391 g/mol. The van der Waals surface area contributed by atoms with E-state index in [0.717, 1.165) is 49.9 Å². The summed E-state index contributed by atoms with van der Waals surface area (Å²) in [4.78, 5) is 18.8. The summed E-state index contributed by atoms with van der Waals surface area (Å²) in [6, 6.07) is 15.6. The number of hydrogen-bond acceptors (Lipinski definition) is 5. The fourth-order valence-corrected chi connectivity index (χ4v) is 3.29. The molecule has 4 rings (SSSR count). The number of nitrogens with one attached hydrogen (secondary N) is 2. The van der Waals surface area contributed by atoms with Crippen molar-refractivity contribution in [2.75, 3.05) is 44.7 Å². The highest BCUT2D eigenvalue weighted by Gasteiger charge is 2.11. The normalized spacial score (nSPS) is 14.5. The zero-order valence-corrected chi connectivity index (χ0v) is 16.3. The lowest BCUT2D eigenvalue weighted by atomic mass is 10.1. The van der Waals surface area contributed by atoms with Gasteiger partial charge in [-0.25, -0.2) is 4.98 Å². The number of morpholine rings is 1. The molecule has 7 heteroatoms. The fourth-order valence-electron chi connectivity index (χ4n) is 3.29. The van der Waals surface area contributed by atoms with Gasteiger partial charge in [-0.3, -0.25) is 9.69 Å². The maximum absolute atomic E-state index is 12.5. The van der Waals surface area contributed by atoms with Crippen molar-refractivity contribution in [3.8, 4) is 5.69 Å². The van der Waals surface area contributed by atoms with E-state index in [9.17, 15) is 4.79 Å². The number of amides is 1. The minimum Gasteiger partial charge on any atom is -0.379 e. The van der Waals surface area contributed by atoms with Crippen LogP contribution in [0.1, 0.15) is 10.4 Å². The van der Waals surface area contributed by atoms with Crippen LogP contribution in [0.5, 0.6) is 0 Å². The average Bonchev–Trinajstić information content (AvgIpc) is 3.30. The number of aromatic nitrogens is 2. The summed E-state index contributed by atoms with van der Waals surface area (Å²) in [5.74, 6) is -0.0580. The number of benzene rings is 2. The van der Waals surface area contributed by atoms with Gasteiger partial charge >= 0.3 is 0 Å². The van der Waals surface area contributed by atoms with E-state index in [4.69, 9.17) is 4.74 Å². The summed E-state index contributed by atoms with van der Waals surface area (Å²) in [7, 11) is 0. The van der Waals surface area contributed by atoms with Crippen molar-refractivity contribution < 1.29 is 9.53 Å². The van der Waals surface area contributed by atoms with Crippen LogP contribution in [0.3, 0.4) is 0 Å². The number of hydrogen-bond donors (Lipinski definition) is 2. The first-order valence-electron chi connectivity index (χ1n) is 9.82. The van der Waals surface area contributed by atoms with E-state index < -0.39 is 0 Å². The zero-order valence-electron chi connectivity index (χ0n) is 16.3. The number of rotatable bonds is 7. The molecule has 29 heavy (non-hydrogen) atoms. The van der Waals surface area contributed by atoms with Gasteiger partial charge in [0.1, 0.15) is 0 Å². The highest BCUT2D eigenvalue weighted by Crippen LogP contribution is 2.19. The van der Waals surface area contributed by atoms with Crippen LogP contribution in [0.25, 0.3) is 5.69 Å². The highest BCUT2D eigenvalue weighted by molar-refractivity contribution is 5.95. The number of nitrogens with zero attached hydrogens (tertiary/aromatic N) is 3. The van der Waals surface area contributed by atoms with Crippen LogP contribution in [0, 0.1) is 0 Å². The van der Waals surface area contributed by atoms with E-state index in [1.54, 1.807) is 12.5 Å². The van der Waals surface area contributed by atoms with Crippen LogP contribution in [0.4, 0.5) is 11.4 Å². The Balaban J connectivity index is 1.32. The highest BCUT2D eigenvalue weighted by atomic mass is 16.5. The first kappa shape index (κ1) is 19.2. The summed E-state index contributed by atoms with van der Waals surface area (Å²) < 4.78 is 7.29. The molecule has 0 saturated carbocycles. The maximum Gasteiger partial charge on any atom is 0.251 e. The smallest absolute Gasteiger partial charge is 0.251 e. The van der Waals surface area contributed by atoms with Gasteiger partial charge in [0.05, 0.1) is 19.5 Å². The van der Waals surface area contributed by atoms with Gasteiger partial charge in [0.25, 0.3) is 5.91 Å². The Kier molecular flexibility index (Phi) is 6.19. The lowest BCUT2D eigenvalue weighted by Gasteiger charge is -2.26. The molecule has 2 aromatic carbocycles. The molecule has 2 heterocycles. The Labute approximate surface area is 170 Å². The third-order valence-electron chi connectivity index (χ3n) is 4.90. The van der Waals surface area contributed by atoms with Crippen molar-refractivity contribution in [3.05, 3.63) is 72.8 Å². The quantitative estimate of drug-likeness (QED) is 0.648. The minimum absolute atomic E-state index is 0.0580. The molecule has 0 spiro atoms. The molecule has 0 bridgehead atoms. The van der Waals surface area contributed by atoms with Gasteiger partial charge in [0.2, 0.25) is 0 Å². The molecule has 150 valence electrons. The van der Waals surface area contributed by atoms with Crippen molar-refractivity contribution in [1.29, 1.82) is 0 Å². The number of carbonyl (C=O) groups is 1. The lowest BCUT2D eigenvalue weighted by Crippen LogP contribution is -2.41. The molecule has 1 amide bonds. The van der Waals surface area contributed by atoms with E-state index in [1.807, 2.05) is 59.3 Å². The van der Waals surface area contributed by atoms with Crippen molar-refractivity contribution >= 4 is 17.3 Å². The van der Waals surface area contributed by atoms with Crippen molar-refractivity contribution in [2.45, 2.75) is 0 Å². The van der Waals surface area contributed by atoms with Crippen LogP contribution in [-0.2, 0) is 4.74 Å². The van der Waals surface area contributed by atoms with Crippen molar-refractivity contribution in [3.63, 3.8) is 0 Å². The second-order valence-corrected chi connectivity index (χ2v) is 6.93. The monoisotopic (exact) mass is 391 g/mol. The number of imidazole rings is 1. The van der Waals surface area contributed by atoms with Crippen LogP contribution in [0.2, 0.25) is 0 Å². The third kappa shape index (κ3) is 5.22. The van der Waals surface area contributed by atoms with Gasteiger partial charge in [-0.05, 0) is 42.5 Å². The second kappa shape index (κ2) is 9.36. The molecule has 1 aliphatic heterocycles. The molecular formula is C22H25N5O2. The van der Waals surface area contributed by atoms with Gasteiger partial charge in [-0.1, -0.05) is 6.07 Å². The summed E-state index contributed by atoms with van der Waals surface area (Å²) in [5.41, 5.74) is 3.52. The minimum atomic E-state index is -0.0580. The number of carbonyl (C=O) groups excluding carboxylic acids is 1. The van der Waals surface area contributed by atoms with Crippen LogP contribution >= 0.6 is 0 Å². The van der Waals surface area contributed by atoms with E-state index in [2.05, 4.69) is 20.5 Å². The van der Waals surface area contributed by atoms with E-state index in [-0.39, 0.29) is 5.91 Å². The molecule has 7 nitrogen and oxygen atoms in total. The molecular weight excluding hydrogens is 366 g/mol.